The number of rotatable bonds is 1. The van der Waals surface area contributed by atoms with Gasteiger partial charge in [-0.05, 0) is 12.8 Å². The Hall–Kier alpha value is -2.85. The second-order valence-electron chi connectivity index (χ2n) is 7.02. The van der Waals surface area contributed by atoms with Gasteiger partial charge < -0.3 is 20.9 Å². The summed E-state index contributed by atoms with van der Waals surface area (Å²) in [7, 11) is 1.16. The maximum atomic E-state index is 12.4. The van der Waals surface area contributed by atoms with Crippen molar-refractivity contribution in [2.24, 2.45) is 21.5 Å². The lowest BCUT2D eigenvalue weighted by Gasteiger charge is -2.13. The van der Waals surface area contributed by atoms with Gasteiger partial charge in [-0.2, -0.15) is 0 Å². The number of alkyl carbamates (subject to hydrolysis) is 1. The number of methoxy groups -OCH3 is 1. The highest BCUT2D eigenvalue weighted by atomic mass is 16.5. The fraction of sp³-hybridized carbons (Fsp3) is 0.737. The van der Waals surface area contributed by atoms with Gasteiger partial charge in [-0.25, -0.2) is 19.6 Å². The third-order valence-electron chi connectivity index (χ3n) is 4.44. The summed E-state index contributed by atoms with van der Waals surface area (Å²) in [5.74, 6) is -1.83. The molecule has 2 amide bonds. The van der Waals surface area contributed by atoms with Crippen molar-refractivity contribution < 1.29 is 23.9 Å². The highest BCUT2D eigenvalue weighted by molar-refractivity contribution is 6.03. The monoisotopic (exact) mass is 426 g/mol. The van der Waals surface area contributed by atoms with Gasteiger partial charge in [0.05, 0.1) is 13.7 Å². The number of hydrogen-bond donors (Lipinski definition) is 4. The van der Waals surface area contributed by atoms with Crippen LogP contribution in [-0.4, -0.2) is 49.8 Å². The predicted octanol–water partition coefficient (Wildman–Crippen LogP) is 1.26. The SMILES string of the molecule is COC(=O)N/C1=N/C(N=C(N)N)C(=O)OCCCCCCCCCCCCC(=O)N1. The third kappa shape index (κ3) is 11.9. The fourth-order valence-electron chi connectivity index (χ4n) is 2.88. The molecule has 0 aromatic carbocycles. The summed E-state index contributed by atoms with van der Waals surface area (Å²) in [6.45, 7) is 0.205. The maximum Gasteiger partial charge on any atom is 0.413 e. The number of nitrogens with one attached hydrogen (secondary N) is 2. The average molecular weight is 427 g/mol. The van der Waals surface area contributed by atoms with Gasteiger partial charge in [0.15, 0.2) is 5.96 Å². The Labute approximate surface area is 177 Å². The molecule has 1 heterocycles. The van der Waals surface area contributed by atoms with E-state index in [4.69, 9.17) is 16.2 Å². The van der Waals surface area contributed by atoms with Crippen molar-refractivity contribution in [3.05, 3.63) is 0 Å². The lowest BCUT2D eigenvalue weighted by molar-refractivity contribution is -0.145. The van der Waals surface area contributed by atoms with E-state index in [2.05, 4.69) is 25.4 Å². The van der Waals surface area contributed by atoms with Gasteiger partial charge in [0.1, 0.15) is 0 Å². The molecule has 1 rings (SSSR count). The number of aliphatic imine (C=N–C) groups is 2. The number of carbonyl (C=O) groups excluding carboxylic acids is 3. The van der Waals surface area contributed by atoms with Gasteiger partial charge in [-0.3, -0.25) is 15.4 Å². The molecule has 0 aromatic rings. The van der Waals surface area contributed by atoms with Crippen molar-refractivity contribution >= 4 is 29.9 Å². The average Bonchev–Trinajstić information content (AvgIpc) is 2.69. The molecule has 30 heavy (non-hydrogen) atoms. The van der Waals surface area contributed by atoms with Crippen LogP contribution in [0.5, 0.6) is 0 Å². The topological polar surface area (TPSA) is 170 Å². The molecule has 6 N–H and O–H groups in total. The first kappa shape index (κ1) is 25.2. The summed E-state index contributed by atoms with van der Waals surface area (Å²) < 4.78 is 9.73. The number of hydrogen-bond acceptors (Lipinski definition) is 7. The zero-order chi connectivity index (χ0) is 22.2. The quantitative estimate of drug-likeness (QED) is 0.278. The number of nitrogens with zero attached hydrogens (tertiary/aromatic N) is 2. The van der Waals surface area contributed by atoms with Crippen LogP contribution in [0.1, 0.15) is 70.6 Å². The zero-order valence-corrected chi connectivity index (χ0v) is 17.7. The minimum atomic E-state index is -1.47. The first-order valence-electron chi connectivity index (χ1n) is 10.4. The van der Waals surface area contributed by atoms with Crippen LogP contribution in [0.25, 0.3) is 0 Å². The van der Waals surface area contributed by atoms with Crippen LogP contribution in [0.4, 0.5) is 4.79 Å². The maximum absolute atomic E-state index is 12.4. The molecule has 0 saturated carbocycles. The van der Waals surface area contributed by atoms with Crippen LogP contribution in [0.2, 0.25) is 0 Å². The molecule has 0 radical (unpaired) electrons. The summed E-state index contributed by atoms with van der Waals surface area (Å²) in [4.78, 5) is 43.9. The number of carbonyl (C=O) groups is 3. The smallest absolute Gasteiger partial charge is 0.413 e. The molecule has 1 aliphatic heterocycles. The van der Waals surface area contributed by atoms with E-state index in [-0.39, 0.29) is 30.9 Å². The highest BCUT2D eigenvalue weighted by Crippen LogP contribution is 2.12. The van der Waals surface area contributed by atoms with Gasteiger partial charge in [0.25, 0.3) is 0 Å². The van der Waals surface area contributed by atoms with E-state index in [0.29, 0.717) is 12.8 Å². The molecule has 0 saturated heterocycles. The lowest BCUT2D eigenvalue weighted by atomic mass is 10.1. The number of amides is 2. The van der Waals surface area contributed by atoms with Crippen molar-refractivity contribution in [2.45, 2.75) is 76.8 Å². The minimum absolute atomic E-state index is 0.205. The predicted molar refractivity (Wildman–Crippen MR) is 112 cm³/mol. The second-order valence-corrected chi connectivity index (χ2v) is 7.02. The lowest BCUT2D eigenvalue weighted by Crippen LogP contribution is -2.45. The Morgan fingerprint density at radius 1 is 1.07 bits per heavy atom. The Morgan fingerprint density at radius 3 is 2.20 bits per heavy atom. The molecule has 11 nitrogen and oxygen atoms in total. The Bertz CT molecular complexity index is 619. The molecule has 1 aliphatic rings. The van der Waals surface area contributed by atoms with Crippen LogP contribution < -0.4 is 22.1 Å². The Kier molecular flexibility index (Phi) is 12.6. The summed E-state index contributed by atoms with van der Waals surface area (Å²) in [5.41, 5.74) is 10.8. The number of esters is 1. The minimum Gasteiger partial charge on any atom is -0.463 e. The van der Waals surface area contributed by atoms with Crippen molar-refractivity contribution in [3.63, 3.8) is 0 Å². The standard InChI is InChI=1S/C19H34N6O5/c1-29-19(28)25-18-22-14(26)12-10-8-6-4-2-3-5-7-9-11-13-30-16(27)15(24-18)23-17(20)21/h15H,2-13H2,1H3,(H4,20,21,23)(H2,22,24,25,26,28). The molecule has 0 aromatic heterocycles. The second kappa shape index (κ2) is 15.1. The first-order valence-corrected chi connectivity index (χ1v) is 10.4. The van der Waals surface area contributed by atoms with Crippen LogP contribution in [0.3, 0.4) is 0 Å². The van der Waals surface area contributed by atoms with Gasteiger partial charge in [-0.1, -0.05) is 51.4 Å². The van der Waals surface area contributed by atoms with E-state index in [1.165, 1.54) is 12.8 Å². The van der Waals surface area contributed by atoms with Crippen molar-refractivity contribution in [1.82, 2.24) is 10.6 Å². The fourth-order valence-corrected chi connectivity index (χ4v) is 2.88. The van der Waals surface area contributed by atoms with E-state index in [1.54, 1.807) is 0 Å². The number of ether oxygens (including phenoxy) is 2. The molecule has 0 bridgehead atoms. The van der Waals surface area contributed by atoms with Crippen molar-refractivity contribution in [3.8, 4) is 0 Å². The molecule has 11 heteroatoms. The van der Waals surface area contributed by atoms with E-state index in [9.17, 15) is 14.4 Å². The Balaban J connectivity index is 2.95. The van der Waals surface area contributed by atoms with Crippen molar-refractivity contribution in [1.29, 1.82) is 0 Å². The summed E-state index contributed by atoms with van der Waals surface area (Å²) >= 11 is 0. The first-order chi connectivity index (χ1) is 14.4. The molecule has 0 spiro atoms. The molecule has 1 atom stereocenters. The molecule has 1 unspecified atom stereocenters. The summed E-state index contributed by atoms with van der Waals surface area (Å²) in [6, 6.07) is 0. The number of cyclic esters (lactones) is 1. The van der Waals surface area contributed by atoms with Gasteiger partial charge >= 0.3 is 12.1 Å². The van der Waals surface area contributed by atoms with Crippen LogP contribution in [0, 0.1) is 0 Å². The van der Waals surface area contributed by atoms with Crippen LogP contribution in [-0.2, 0) is 19.1 Å². The molecular weight excluding hydrogens is 392 g/mol. The van der Waals surface area contributed by atoms with E-state index >= 15 is 0 Å². The van der Waals surface area contributed by atoms with E-state index in [1.807, 2.05) is 0 Å². The van der Waals surface area contributed by atoms with Crippen LogP contribution in [0.15, 0.2) is 9.98 Å². The molecule has 0 aliphatic carbocycles. The number of guanidine groups is 2. The molecule has 0 fully saturated rings. The van der Waals surface area contributed by atoms with Gasteiger partial charge in [-0.15, -0.1) is 0 Å². The molecule has 170 valence electrons. The van der Waals surface area contributed by atoms with E-state index < -0.39 is 18.2 Å². The van der Waals surface area contributed by atoms with E-state index in [0.717, 1.165) is 45.6 Å². The summed E-state index contributed by atoms with van der Waals surface area (Å²) in [5, 5.41) is 4.71. The highest BCUT2D eigenvalue weighted by Gasteiger charge is 2.21. The number of nitrogens with two attached hydrogens (primary N) is 2. The molecular formula is C19H34N6O5. The van der Waals surface area contributed by atoms with Crippen molar-refractivity contribution in [2.75, 3.05) is 13.7 Å². The summed E-state index contributed by atoms with van der Waals surface area (Å²) in [6.07, 6.45) is 8.04. The normalized spacial score (nSPS) is 22.6. The third-order valence-corrected chi connectivity index (χ3v) is 4.44. The van der Waals surface area contributed by atoms with Gasteiger partial charge in [0.2, 0.25) is 18.0 Å². The van der Waals surface area contributed by atoms with Gasteiger partial charge in [0, 0.05) is 6.42 Å². The van der Waals surface area contributed by atoms with Crippen LogP contribution >= 0.6 is 0 Å². The Morgan fingerprint density at radius 2 is 1.63 bits per heavy atom. The largest absolute Gasteiger partial charge is 0.463 e. The zero-order valence-electron chi connectivity index (χ0n) is 17.7.